The smallest absolute Gasteiger partial charge is 0.340 e. The molecule has 2 aromatic heterocycles. The summed E-state index contributed by atoms with van der Waals surface area (Å²) in [5.41, 5.74) is 0.516. The fourth-order valence-electron chi connectivity index (χ4n) is 3.21. The van der Waals surface area contributed by atoms with Crippen LogP contribution >= 0.6 is 0 Å². The lowest BCUT2D eigenvalue weighted by atomic mass is 10.1. The van der Waals surface area contributed by atoms with Gasteiger partial charge in [-0.05, 0) is 37.3 Å². The first kappa shape index (κ1) is 18.9. The van der Waals surface area contributed by atoms with E-state index in [1.165, 1.54) is 17.1 Å². The van der Waals surface area contributed by atoms with Crippen molar-refractivity contribution < 1.29 is 23.0 Å². The average Bonchev–Trinajstić information content (AvgIpc) is 3.34. The van der Waals surface area contributed by atoms with Crippen LogP contribution in [0.3, 0.4) is 0 Å². The van der Waals surface area contributed by atoms with Crippen molar-refractivity contribution >= 4 is 33.6 Å². The number of aromatic nitrogens is 1. The van der Waals surface area contributed by atoms with Crippen LogP contribution in [-0.2, 0) is 15.7 Å². The van der Waals surface area contributed by atoms with E-state index in [9.17, 15) is 13.8 Å². The van der Waals surface area contributed by atoms with Crippen LogP contribution in [0.15, 0.2) is 76.0 Å². The first-order valence-corrected chi connectivity index (χ1v) is 9.93. The van der Waals surface area contributed by atoms with Gasteiger partial charge in [0.05, 0.1) is 23.1 Å². The molecular formula is C22H17NO5S. The first-order valence-electron chi connectivity index (χ1n) is 8.83. The lowest BCUT2D eigenvalue weighted by Gasteiger charge is -2.10. The van der Waals surface area contributed by atoms with Crippen LogP contribution in [0.1, 0.15) is 32.4 Å². The molecule has 0 radical (unpaired) electrons. The van der Waals surface area contributed by atoms with Crippen LogP contribution in [0.2, 0.25) is 0 Å². The van der Waals surface area contributed by atoms with Crippen LogP contribution in [-0.4, -0.2) is 27.0 Å². The average molecular weight is 407 g/mol. The summed E-state index contributed by atoms with van der Waals surface area (Å²) >= 11 is 0. The molecule has 2 heterocycles. The number of carbonyl (C=O) groups is 2. The second-order valence-electron chi connectivity index (χ2n) is 6.33. The number of carbonyl (C=O) groups excluding carboxylic acids is 2. The minimum atomic E-state index is -1.77. The molecule has 1 unspecified atom stereocenters. The van der Waals surface area contributed by atoms with Crippen molar-refractivity contribution in [3.63, 3.8) is 0 Å². The van der Waals surface area contributed by atoms with Crippen molar-refractivity contribution in [2.75, 3.05) is 7.11 Å². The molecule has 0 aliphatic heterocycles. The SMILES string of the molecule is COC(=O)c1c(C(=O)c2ccc(C)o2)n(S(=O)c2ccccc2)c2ccccc12. The second kappa shape index (κ2) is 7.52. The zero-order valence-corrected chi connectivity index (χ0v) is 16.6. The number of aryl methyl sites for hydroxylation is 1. The molecule has 29 heavy (non-hydrogen) atoms. The van der Waals surface area contributed by atoms with Crippen LogP contribution in [0.4, 0.5) is 0 Å². The highest BCUT2D eigenvalue weighted by Gasteiger charge is 2.32. The number of benzene rings is 2. The number of hydrogen-bond acceptors (Lipinski definition) is 5. The molecule has 4 aromatic rings. The van der Waals surface area contributed by atoms with Crippen molar-refractivity contribution in [2.45, 2.75) is 11.8 Å². The molecule has 0 spiro atoms. The number of fused-ring (bicyclic) bond motifs is 1. The van der Waals surface area contributed by atoms with Gasteiger partial charge in [0.15, 0.2) is 16.7 Å². The predicted molar refractivity (Wildman–Crippen MR) is 108 cm³/mol. The Balaban J connectivity index is 2.07. The lowest BCUT2D eigenvalue weighted by molar-refractivity contribution is 0.0599. The van der Waals surface area contributed by atoms with E-state index in [0.29, 0.717) is 21.6 Å². The van der Waals surface area contributed by atoms with Gasteiger partial charge in [-0.2, -0.15) is 0 Å². The molecular weight excluding hydrogens is 390 g/mol. The predicted octanol–water partition coefficient (Wildman–Crippen LogP) is 4.13. The van der Waals surface area contributed by atoms with Crippen molar-refractivity contribution in [1.82, 2.24) is 3.97 Å². The molecule has 0 saturated carbocycles. The number of methoxy groups -OCH3 is 1. The summed E-state index contributed by atoms with van der Waals surface area (Å²) in [7, 11) is -0.528. The van der Waals surface area contributed by atoms with E-state index in [2.05, 4.69) is 0 Å². The van der Waals surface area contributed by atoms with Gasteiger partial charge >= 0.3 is 5.97 Å². The third-order valence-corrected chi connectivity index (χ3v) is 5.90. The summed E-state index contributed by atoms with van der Waals surface area (Å²) in [5.74, 6) is -0.614. The van der Waals surface area contributed by atoms with E-state index in [4.69, 9.17) is 9.15 Å². The van der Waals surface area contributed by atoms with Gasteiger partial charge in [-0.25, -0.2) is 9.00 Å². The minimum Gasteiger partial charge on any atom is -0.465 e. The maximum atomic E-state index is 13.5. The van der Waals surface area contributed by atoms with Crippen LogP contribution in [0.5, 0.6) is 0 Å². The molecule has 0 bridgehead atoms. The third kappa shape index (κ3) is 3.19. The number of esters is 1. The molecule has 7 heteroatoms. The first-order chi connectivity index (χ1) is 14.0. The molecule has 0 aliphatic rings. The Kier molecular flexibility index (Phi) is 4.90. The quantitative estimate of drug-likeness (QED) is 0.367. The largest absolute Gasteiger partial charge is 0.465 e. The summed E-state index contributed by atoms with van der Waals surface area (Å²) in [6.07, 6.45) is 0. The van der Waals surface area contributed by atoms with E-state index in [1.807, 2.05) is 6.07 Å². The fourth-order valence-corrected chi connectivity index (χ4v) is 4.49. The summed E-state index contributed by atoms with van der Waals surface area (Å²) in [6, 6.07) is 18.8. The Morgan fingerprint density at radius 2 is 1.66 bits per heavy atom. The molecule has 6 nitrogen and oxygen atoms in total. The van der Waals surface area contributed by atoms with Gasteiger partial charge in [0, 0.05) is 5.39 Å². The van der Waals surface area contributed by atoms with Crippen LogP contribution < -0.4 is 0 Å². The Morgan fingerprint density at radius 3 is 2.31 bits per heavy atom. The van der Waals surface area contributed by atoms with Gasteiger partial charge in [0.1, 0.15) is 11.5 Å². The fraction of sp³-hybridized carbons (Fsp3) is 0.0909. The number of rotatable bonds is 5. The van der Waals surface area contributed by atoms with Gasteiger partial charge in [0.25, 0.3) is 0 Å². The zero-order chi connectivity index (χ0) is 20.5. The maximum absolute atomic E-state index is 13.5. The Labute approximate surface area is 169 Å². The summed E-state index contributed by atoms with van der Waals surface area (Å²) < 4.78 is 25.3. The Morgan fingerprint density at radius 1 is 0.966 bits per heavy atom. The van der Waals surface area contributed by atoms with Crippen molar-refractivity contribution in [3.05, 3.63) is 89.5 Å². The molecule has 0 N–H and O–H groups in total. The third-order valence-electron chi connectivity index (χ3n) is 4.51. The van der Waals surface area contributed by atoms with E-state index >= 15 is 0 Å². The monoisotopic (exact) mass is 407 g/mol. The highest BCUT2D eigenvalue weighted by molar-refractivity contribution is 7.83. The Bertz CT molecular complexity index is 1250. The number of hydrogen-bond donors (Lipinski definition) is 0. The van der Waals surface area contributed by atoms with Crippen LogP contribution in [0.25, 0.3) is 10.9 Å². The number of para-hydroxylation sites is 1. The highest BCUT2D eigenvalue weighted by Crippen LogP contribution is 2.31. The minimum absolute atomic E-state index is 0.0328. The summed E-state index contributed by atoms with van der Waals surface area (Å²) in [4.78, 5) is 26.5. The standard InChI is InChI=1S/C22H17NO5S/c1-14-12-13-18(28-14)21(24)20-19(22(25)27-2)16-10-6-7-11-17(16)23(20)29(26)15-8-4-3-5-9-15/h3-13H,1-2H3. The summed E-state index contributed by atoms with van der Waals surface area (Å²) in [6.45, 7) is 1.72. The molecule has 4 rings (SSSR count). The summed E-state index contributed by atoms with van der Waals surface area (Å²) in [5, 5.41) is 0.482. The number of furan rings is 1. The van der Waals surface area contributed by atoms with Crippen molar-refractivity contribution in [2.24, 2.45) is 0 Å². The Hall–Kier alpha value is -3.45. The molecule has 2 aromatic carbocycles. The molecule has 1 atom stereocenters. The van der Waals surface area contributed by atoms with Gasteiger partial charge in [-0.1, -0.05) is 36.4 Å². The number of nitrogens with zero attached hydrogens (tertiary/aromatic N) is 1. The topological polar surface area (TPSA) is 78.5 Å². The number of ether oxygens (including phenoxy) is 1. The maximum Gasteiger partial charge on any atom is 0.340 e. The molecule has 0 saturated heterocycles. The van der Waals surface area contributed by atoms with Gasteiger partial charge < -0.3 is 9.15 Å². The highest BCUT2D eigenvalue weighted by atomic mass is 32.2. The normalized spacial score (nSPS) is 12.1. The molecule has 146 valence electrons. The molecule has 0 aliphatic carbocycles. The van der Waals surface area contributed by atoms with E-state index < -0.39 is 22.7 Å². The second-order valence-corrected chi connectivity index (χ2v) is 7.66. The van der Waals surface area contributed by atoms with Gasteiger partial charge in [0.2, 0.25) is 5.78 Å². The zero-order valence-electron chi connectivity index (χ0n) is 15.7. The van der Waals surface area contributed by atoms with Gasteiger partial charge in [-0.15, -0.1) is 0 Å². The molecule has 0 amide bonds. The lowest BCUT2D eigenvalue weighted by Crippen LogP contribution is -2.17. The molecule has 0 fully saturated rings. The van der Waals surface area contributed by atoms with E-state index in [-0.39, 0.29) is 17.0 Å². The van der Waals surface area contributed by atoms with E-state index in [0.717, 1.165) is 0 Å². The van der Waals surface area contributed by atoms with Crippen molar-refractivity contribution in [1.29, 1.82) is 0 Å². The van der Waals surface area contributed by atoms with E-state index in [1.54, 1.807) is 61.5 Å². The van der Waals surface area contributed by atoms with Gasteiger partial charge in [-0.3, -0.25) is 8.77 Å². The van der Waals surface area contributed by atoms with Crippen molar-refractivity contribution in [3.8, 4) is 0 Å². The number of ketones is 1. The van der Waals surface area contributed by atoms with Crippen LogP contribution in [0, 0.1) is 6.92 Å².